The molecule has 0 fully saturated rings. The summed E-state index contributed by atoms with van der Waals surface area (Å²) in [6, 6.07) is 12.6. The maximum atomic E-state index is 12.4. The summed E-state index contributed by atoms with van der Waals surface area (Å²) in [5, 5.41) is 12.2. The number of amides is 1. The second kappa shape index (κ2) is 8.89. The highest BCUT2D eigenvalue weighted by atomic mass is 16.5. The number of hydrogen-bond donors (Lipinski definition) is 2. The zero-order chi connectivity index (χ0) is 19.1. The van der Waals surface area contributed by atoms with Crippen LogP contribution < -0.4 is 14.8 Å². The minimum Gasteiger partial charge on any atom is -0.497 e. The van der Waals surface area contributed by atoms with Gasteiger partial charge in [0, 0.05) is 12.5 Å². The number of aliphatic carboxylic acids is 1. The third kappa shape index (κ3) is 5.24. The molecule has 6 nitrogen and oxygen atoms in total. The van der Waals surface area contributed by atoms with Crippen LogP contribution in [-0.4, -0.2) is 31.2 Å². The molecule has 1 amide bonds. The number of anilines is 1. The normalized spacial score (nSPS) is 11.5. The van der Waals surface area contributed by atoms with E-state index in [9.17, 15) is 14.7 Å². The van der Waals surface area contributed by atoms with Gasteiger partial charge in [-0.05, 0) is 31.0 Å². The van der Waals surface area contributed by atoms with Gasteiger partial charge in [0.25, 0.3) is 0 Å². The first-order valence-corrected chi connectivity index (χ1v) is 8.23. The van der Waals surface area contributed by atoms with Crippen LogP contribution in [0.2, 0.25) is 0 Å². The van der Waals surface area contributed by atoms with E-state index in [0.717, 1.165) is 11.1 Å². The fraction of sp³-hybridized carbons (Fsp3) is 0.300. The monoisotopic (exact) mass is 357 g/mol. The standard InChI is InChI=1S/C20H23NO5/c1-13-4-6-14(7-5-13)10-15(20(23)24)11-19(22)21-17-12-16(25-2)8-9-18(17)26-3/h4-9,12,15H,10-11H2,1-3H3,(H,21,22)(H,23,24)/t15-/m1/s1. The van der Waals surface area contributed by atoms with Gasteiger partial charge in [-0.3, -0.25) is 9.59 Å². The van der Waals surface area contributed by atoms with Crippen molar-refractivity contribution in [2.24, 2.45) is 5.92 Å². The van der Waals surface area contributed by atoms with Gasteiger partial charge in [-0.2, -0.15) is 0 Å². The van der Waals surface area contributed by atoms with Gasteiger partial charge in [-0.25, -0.2) is 0 Å². The highest BCUT2D eigenvalue weighted by Gasteiger charge is 2.22. The van der Waals surface area contributed by atoms with Crippen LogP contribution in [0.1, 0.15) is 17.5 Å². The van der Waals surface area contributed by atoms with Gasteiger partial charge >= 0.3 is 5.97 Å². The molecule has 0 spiro atoms. The lowest BCUT2D eigenvalue weighted by Crippen LogP contribution is -2.24. The lowest BCUT2D eigenvalue weighted by Gasteiger charge is -2.15. The van der Waals surface area contributed by atoms with Crippen LogP contribution in [-0.2, 0) is 16.0 Å². The Balaban J connectivity index is 2.08. The number of carbonyl (C=O) groups excluding carboxylic acids is 1. The van der Waals surface area contributed by atoms with Gasteiger partial charge in [0.2, 0.25) is 5.91 Å². The molecular weight excluding hydrogens is 334 g/mol. The Morgan fingerprint density at radius 3 is 2.35 bits per heavy atom. The molecule has 0 aliphatic heterocycles. The smallest absolute Gasteiger partial charge is 0.307 e. The minimum absolute atomic E-state index is 0.135. The Bertz CT molecular complexity index is 770. The van der Waals surface area contributed by atoms with Crippen molar-refractivity contribution < 1.29 is 24.2 Å². The molecule has 0 saturated carbocycles. The van der Waals surface area contributed by atoms with Crippen LogP contribution in [0.15, 0.2) is 42.5 Å². The van der Waals surface area contributed by atoms with Crippen LogP contribution >= 0.6 is 0 Å². The van der Waals surface area contributed by atoms with Gasteiger partial charge in [0.15, 0.2) is 0 Å². The fourth-order valence-electron chi connectivity index (χ4n) is 2.59. The number of carboxylic acid groups (broad SMARTS) is 1. The Morgan fingerprint density at radius 2 is 1.77 bits per heavy atom. The van der Waals surface area contributed by atoms with Crippen LogP contribution in [0.4, 0.5) is 5.69 Å². The molecule has 26 heavy (non-hydrogen) atoms. The number of benzene rings is 2. The molecule has 0 heterocycles. The third-order valence-corrected chi connectivity index (χ3v) is 4.06. The van der Waals surface area contributed by atoms with Gasteiger partial charge in [0.05, 0.1) is 25.8 Å². The lowest BCUT2D eigenvalue weighted by atomic mass is 9.95. The molecule has 2 aromatic rings. The molecule has 0 unspecified atom stereocenters. The number of rotatable bonds is 8. The van der Waals surface area contributed by atoms with Crippen molar-refractivity contribution in [3.8, 4) is 11.5 Å². The molecule has 0 aliphatic rings. The summed E-state index contributed by atoms with van der Waals surface area (Å²) in [4.78, 5) is 23.9. The highest BCUT2D eigenvalue weighted by Crippen LogP contribution is 2.29. The molecule has 2 aromatic carbocycles. The number of aryl methyl sites for hydroxylation is 1. The molecule has 138 valence electrons. The van der Waals surface area contributed by atoms with Crippen LogP contribution in [0.5, 0.6) is 11.5 Å². The Kier molecular flexibility index (Phi) is 6.60. The van der Waals surface area contributed by atoms with Crippen molar-refractivity contribution in [3.05, 3.63) is 53.6 Å². The van der Waals surface area contributed by atoms with Gasteiger partial charge in [-0.1, -0.05) is 29.8 Å². The number of methoxy groups -OCH3 is 2. The Labute approximate surface area is 152 Å². The summed E-state index contributed by atoms with van der Waals surface area (Å²) >= 11 is 0. The summed E-state index contributed by atoms with van der Waals surface area (Å²) in [5.74, 6) is -1.16. The van der Waals surface area contributed by atoms with Crippen LogP contribution in [0, 0.1) is 12.8 Å². The maximum Gasteiger partial charge on any atom is 0.307 e. The average Bonchev–Trinajstić information content (AvgIpc) is 2.62. The number of carbonyl (C=O) groups is 2. The first-order chi connectivity index (χ1) is 12.4. The Morgan fingerprint density at radius 1 is 1.08 bits per heavy atom. The predicted molar refractivity (Wildman–Crippen MR) is 98.8 cm³/mol. The van der Waals surface area contributed by atoms with E-state index in [4.69, 9.17) is 9.47 Å². The maximum absolute atomic E-state index is 12.4. The number of hydrogen-bond acceptors (Lipinski definition) is 4. The van der Waals surface area contributed by atoms with Crippen molar-refractivity contribution in [2.75, 3.05) is 19.5 Å². The Hall–Kier alpha value is -3.02. The summed E-state index contributed by atoms with van der Waals surface area (Å²) in [6.07, 6.45) is 0.155. The molecule has 2 N–H and O–H groups in total. The lowest BCUT2D eigenvalue weighted by molar-refractivity contribution is -0.143. The largest absolute Gasteiger partial charge is 0.497 e. The van der Waals surface area contributed by atoms with E-state index in [-0.39, 0.29) is 12.8 Å². The molecule has 6 heteroatoms. The SMILES string of the molecule is COc1ccc(OC)c(NC(=O)C[C@@H](Cc2ccc(C)cc2)C(=O)O)c1. The molecule has 0 aliphatic carbocycles. The molecular formula is C20H23NO5. The number of ether oxygens (including phenoxy) is 2. The van der Waals surface area contributed by atoms with Crippen molar-refractivity contribution in [1.29, 1.82) is 0 Å². The third-order valence-electron chi connectivity index (χ3n) is 4.06. The molecule has 0 aromatic heterocycles. The van der Waals surface area contributed by atoms with E-state index < -0.39 is 17.8 Å². The zero-order valence-corrected chi connectivity index (χ0v) is 15.1. The van der Waals surface area contributed by atoms with E-state index in [1.165, 1.54) is 14.2 Å². The van der Waals surface area contributed by atoms with Crippen LogP contribution in [0.3, 0.4) is 0 Å². The predicted octanol–water partition coefficient (Wildman–Crippen LogP) is 3.28. The molecule has 0 bridgehead atoms. The average molecular weight is 357 g/mol. The summed E-state index contributed by atoms with van der Waals surface area (Å²) in [7, 11) is 3.02. The fourth-order valence-corrected chi connectivity index (χ4v) is 2.59. The first-order valence-electron chi connectivity index (χ1n) is 8.23. The van der Waals surface area contributed by atoms with Crippen molar-refractivity contribution in [1.82, 2.24) is 0 Å². The van der Waals surface area contributed by atoms with Crippen molar-refractivity contribution in [3.63, 3.8) is 0 Å². The molecule has 0 saturated heterocycles. The number of carboxylic acids is 1. The van der Waals surface area contributed by atoms with Gasteiger partial charge in [0.1, 0.15) is 11.5 Å². The number of nitrogens with one attached hydrogen (secondary N) is 1. The quantitative estimate of drug-likeness (QED) is 0.757. The second-order valence-corrected chi connectivity index (χ2v) is 6.04. The van der Waals surface area contributed by atoms with Crippen molar-refractivity contribution in [2.45, 2.75) is 19.8 Å². The van der Waals surface area contributed by atoms with E-state index in [0.29, 0.717) is 17.2 Å². The van der Waals surface area contributed by atoms with Gasteiger partial charge in [-0.15, -0.1) is 0 Å². The van der Waals surface area contributed by atoms with Crippen LogP contribution in [0.25, 0.3) is 0 Å². The molecule has 2 rings (SSSR count). The summed E-state index contributed by atoms with van der Waals surface area (Å²) in [6.45, 7) is 1.97. The molecule has 1 atom stereocenters. The minimum atomic E-state index is -1.00. The highest BCUT2D eigenvalue weighted by molar-refractivity contribution is 5.94. The zero-order valence-electron chi connectivity index (χ0n) is 15.1. The van der Waals surface area contributed by atoms with E-state index in [1.807, 2.05) is 31.2 Å². The summed E-state index contributed by atoms with van der Waals surface area (Å²) < 4.78 is 10.4. The van der Waals surface area contributed by atoms with E-state index in [2.05, 4.69) is 5.32 Å². The molecule has 0 radical (unpaired) electrons. The summed E-state index contributed by atoms with van der Waals surface area (Å²) in [5.41, 5.74) is 2.43. The van der Waals surface area contributed by atoms with Crippen molar-refractivity contribution >= 4 is 17.6 Å². The second-order valence-electron chi connectivity index (χ2n) is 6.04. The van der Waals surface area contributed by atoms with E-state index in [1.54, 1.807) is 18.2 Å². The van der Waals surface area contributed by atoms with Gasteiger partial charge < -0.3 is 19.9 Å². The van der Waals surface area contributed by atoms with E-state index >= 15 is 0 Å². The first kappa shape index (κ1) is 19.3. The topological polar surface area (TPSA) is 84.9 Å².